The van der Waals surface area contributed by atoms with Crippen LogP contribution in [0.3, 0.4) is 0 Å². The second-order valence-electron chi connectivity index (χ2n) is 6.26. The van der Waals surface area contributed by atoms with E-state index in [-0.39, 0.29) is 11.8 Å². The van der Waals surface area contributed by atoms with Gasteiger partial charge in [0.05, 0.1) is 0 Å². The van der Waals surface area contributed by atoms with E-state index in [9.17, 15) is 9.59 Å². The van der Waals surface area contributed by atoms with Gasteiger partial charge < -0.3 is 10.5 Å². The number of hydrogen-bond acceptors (Lipinski definition) is 4. The number of ketones is 1. The smallest absolute Gasteiger partial charge is 0.326 e. The first-order valence-electron chi connectivity index (χ1n) is 6.77. The van der Waals surface area contributed by atoms with Gasteiger partial charge in [0.2, 0.25) is 0 Å². The number of carbonyl (C=O) groups excluding carboxylic acids is 2. The molecule has 0 aromatic heterocycles. The topological polar surface area (TPSA) is 69.4 Å². The molecule has 0 spiro atoms. The molecule has 1 atom stereocenters. The molecule has 2 N–H and O–H groups in total. The van der Waals surface area contributed by atoms with Crippen LogP contribution in [0.5, 0.6) is 0 Å². The van der Waals surface area contributed by atoms with Crippen molar-refractivity contribution < 1.29 is 14.3 Å². The van der Waals surface area contributed by atoms with E-state index < -0.39 is 11.1 Å². The maximum absolute atomic E-state index is 12.2. The summed E-state index contributed by atoms with van der Waals surface area (Å²) in [4.78, 5) is 23.6. The fraction of sp³-hybridized carbons (Fsp3) is 0.857. The summed E-state index contributed by atoms with van der Waals surface area (Å²) < 4.78 is 5.40. The highest BCUT2D eigenvalue weighted by Gasteiger charge is 2.37. The molecule has 1 saturated carbocycles. The van der Waals surface area contributed by atoms with Crippen LogP contribution < -0.4 is 5.73 Å². The van der Waals surface area contributed by atoms with Gasteiger partial charge in [-0.15, -0.1) is 0 Å². The van der Waals surface area contributed by atoms with Gasteiger partial charge in [-0.3, -0.25) is 9.59 Å². The maximum Gasteiger partial charge on any atom is 0.326 e. The molecule has 0 aromatic rings. The summed E-state index contributed by atoms with van der Waals surface area (Å²) in [6, 6.07) is 0. The Hall–Kier alpha value is -0.900. The zero-order valence-electron chi connectivity index (χ0n) is 11.8. The van der Waals surface area contributed by atoms with Crippen LogP contribution in [0, 0.1) is 0 Å². The van der Waals surface area contributed by atoms with Gasteiger partial charge in [0.1, 0.15) is 16.9 Å². The van der Waals surface area contributed by atoms with Crippen LogP contribution in [0.2, 0.25) is 0 Å². The van der Waals surface area contributed by atoms with Crippen LogP contribution in [0.1, 0.15) is 65.7 Å². The van der Waals surface area contributed by atoms with Gasteiger partial charge in [0.15, 0.2) is 0 Å². The molecule has 0 heterocycles. The van der Waals surface area contributed by atoms with Crippen molar-refractivity contribution in [1.82, 2.24) is 0 Å². The molecule has 104 valence electrons. The lowest BCUT2D eigenvalue weighted by Crippen LogP contribution is -2.51. The number of esters is 1. The van der Waals surface area contributed by atoms with Gasteiger partial charge in [-0.25, -0.2) is 0 Å². The minimum atomic E-state index is -0.919. The van der Waals surface area contributed by atoms with Crippen molar-refractivity contribution in [2.45, 2.75) is 76.9 Å². The van der Waals surface area contributed by atoms with Crippen molar-refractivity contribution in [3.8, 4) is 0 Å². The van der Waals surface area contributed by atoms with Crippen molar-refractivity contribution in [3.63, 3.8) is 0 Å². The Morgan fingerprint density at radius 3 is 2.33 bits per heavy atom. The first kappa shape index (κ1) is 15.2. The summed E-state index contributed by atoms with van der Waals surface area (Å²) in [6.07, 6.45) is 4.59. The standard InChI is InChI=1S/C14H25NO3/c1-13(2,3)18-12(17)14(15)9-5-4-7-11(16)8-6-10-14/h4-10,15H2,1-3H3. The zero-order chi connectivity index (χ0) is 13.8. The molecular weight excluding hydrogens is 230 g/mol. The number of carbonyl (C=O) groups is 2. The third-order valence-electron chi connectivity index (χ3n) is 3.21. The largest absolute Gasteiger partial charge is 0.459 e. The van der Waals surface area contributed by atoms with E-state index in [1.165, 1.54) is 0 Å². The van der Waals surface area contributed by atoms with Gasteiger partial charge in [0.25, 0.3) is 0 Å². The number of hydrogen-bond donors (Lipinski definition) is 1. The average Bonchev–Trinajstić information content (AvgIpc) is 2.28. The molecule has 4 nitrogen and oxygen atoms in total. The van der Waals surface area contributed by atoms with Gasteiger partial charge in [-0.1, -0.05) is 6.42 Å². The number of Topliss-reactive ketones (excluding diaryl/α,β-unsaturated/α-hetero) is 1. The Morgan fingerprint density at radius 1 is 1.17 bits per heavy atom. The molecule has 4 heteroatoms. The minimum Gasteiger partial charge on any atom is -0.459 e. The van der Waals surface area contributed by atoms with Gasteiger partial charge >= 0.3 is 5.97 Å². The predicted octanol–water partition coefficient (Wildman–Crippen LogP) is 2.34. The van der Waals surface area contributed by atoms with Crippen molar-refractivity contribution >= 4 is 11.8 Å². The van der Waals surface area contributed by atoms with Crippen LogP contribution in [-0.4, -0.2) is 22.9 Å². The van der Waals surface area contributed by atoms with Crippen LogP contribution in [0.4, 0.5) is 0 Å². The SMILES string of the molecule is CC(C)(C)OC(=O)C1(N)CCCCC(=O)CCC1. The van der Waals surface area contributed by atoms with Gasteiger partial charge in [-0.2, -0.15) is 0 Å². The summed E-state index contributed by atoms with van der Waals surface area (Å²) in [5, 5.41) is 0. The third kappa shape index (κ3) is 4.77. The number of nitrogens with two attached hydrogens (primary N) is 1. The van der Waals surface area contributed by atoms with Gasteiger partial charge in [0, 0.05) is 12.8 Å². The molecule has 0 saturated heterocycles. The summed E-state index contributed by atoms with van der Waals surface area (Å²) in [5.41, 5.74) is 4.77. The maximum atomic E-state index is 12.2. The lowest BCUT2D eigenvalue weighted by atomic mass is 9.88. The number of rotatable bonds is 1. The summed E-state index contributed by atoms with van der Waals surface area (Å²) >= 11 is 0. The Morgan fingerprint density at radius 2 is 1.72 bits per heavy atom. The lowest BCUT2D eigenvalue weighted by Gasteiger charge is -2.31. The van der Waals surface area contributed by atoms with E-state index in [0.29, 0.717) is 32.1 Å². The highest BCUT2D eigenvalue weighted by Crippen LogP contribution is 2.25. The summed E-state index contributed by atoms with van der Waals surface area (Å²) in [6.45, 7) is 5.52. The summed E-state index contributed by atoms with van der Waals surface area (Å²) in [7, 11) is 0. The third-order valence-corrected chi connectivity index (χ3v) is 3.21. The molecule has 0 radical (unpaired) electrons. The predicted molar refractivity (Wildman–Crippen MR) is 70.1 cm³/mol. The van der Waals surface area contributed by atoms with E-state index in [2.05, 4.69) is 0 Å². The van der Waals surface area contributed by atoms with E-state index in [4.69, 9.17) is 10.5 Å². The monoisotopic (exact) mass is 255 g/mol. The molecular formula is C14H25NO3. The summed E-state index contributed by atoms with van der Waals surface area (Å²) in [5.74, 6) is -0.0483. The van der Waals surface area contributed by atoms with Crippen molar-refractivity contribution in [2.24, 2.45) is 5.73 Å². The lowest BCUT2D eigenvalue weighted by molar-refractivity contribution is -0.162. The van der Waals surface area contributed by atoms with Crippen LogP contribution in [-0.2, 0) is 14.3 Å². The molecule has 0 amide bonds. The molecule has 0 bridgehead atoms. The molecule has 1 aliphatic rings. The molecule has 1 fully saturated rings. The Kier molecular flexibility index (Phi) is 4.91. The highest BCUT2D eigenvalue weighted by atomic mass is 16.6. The molecule has 0 aromatic carbocycles. The molecule has 18 heavy (non-hydrogen) atoms. The van der Waals surface area contributed by atoms with Crippen molar-refractivity contribution in [3.05, 3.63) is 0 Å². The zero-order valence-corrected chi connectivity index (χ0v) is 11.8. The average molecular weight is 255 g/mol. The second kappa shape index (κ2) is 5.83. The fourth-order valence-corrected chi connectivity index (χ4v) is 2.20. The minimum absolute atomic E-state index is 0.281. The Balaban J connectivity index is 2.69. The van der Waals surface area contributed by atoms with E-state index >= 15 is 0 Å². The first-order chi connectivity index (χ1) is 8.23. The molecule has 1 aliphatic carbocycles. The van der Waals surface area contributed by atoms with Crippen LogP contribution in [0.25, 0.3) is 0 Å². The van der Waals surface area contributed by atoms with Crippen LogP contribution >= 0.6 is 0 Å². The molecule has 1 unspecified atom stereocenters. The molecule has 0 aliphatic heterocycles. The first-order valence-corrected chi connectivity index (χ1v) is 6.77. The van der Waals surface area contributed by atoms with E-state index in [0.717, 1.165) is 12.8 Å². The van der Waals surface area contributed by atoms with E-state index in [1.54, 1.807) is 0 Å². The van der Waals surface area contributed by atoms with Crippen LogP contribution in [0.15, 0.2) is 0 Å². The normalized spacial score (nSPS) is 27.0. The Labute approximate surface area is 109 Å². The second-order valence-corrected chi connectivity index (χ2v) is 6.26. The Bertz CT molecular complexity index is 319. The molecule has 1 rings (SSSR count). The number of ether oxygens (including phenoxy) is 1. The van der Waals surface area contributed by atoms with Crippen molar-refractivity contribution in [2.75, 3.05) is 0 Å². The fourth-order valence-electron chi connectivity index (χ4n) is 2.20. The van der Waals surface area contributed by atoms with Crippen molar-refractivity contribution in [1.29, 1.82) is 0 Å². The van der Waals surface area contributed by atoms with E-state index in [1.807, 2.05) is 20.8 Å². The quantitative estimate of drug-likeness (QED) is 0.730. The highest BCUT2D eigenvalue weighted by molar-refractivity contribution is 5.81. The van der Waals surface area contributed by atoms with Gasteiger partial charge in [-0.05, 0) is 46.5 Å².